The molecule has 1 heterocycles. The topological polar surface area (TPSA) is 29.5 Å². The second-order valence-electron chi connectivity index (χ2n) is 4.63. The normalized spacial score (nSPS) is 19.6. The quantitative estimate of drug-likeness (QED) is 0.795. The number of hydrogen-bond donors (Lipinski definition) is 0. The van der Waals surface area contributed by atoms with E-state index in [2.05, 4.69) is 20.8 Å². The van der Waals surface area contributed by atoms with Gasteiger partial charge in [0.1, 0.15) is 11.9 Å². The Kier molecular flexibility index (Phi) is 4.93. The molecule has 104 valence electrons. The van der Waals surface area contributed by atoms with Gasteiger partial charge >= 0.3 is 5.97 Å². The highest BCUT2D eigenvalue weighted by Gasteiger charge is 2.31. The van der Waals surface area contributed by atoms with Gasteiger partial charge < -0.3 is 4.74 Å². The molecular formula is C14H17BrFNO2. The molecule has 1 aliphatic heterocycles. The highest BCUT2D eigenvalue weighted by Crippen LogP contribution is 2.23. The van der Waals surface area contributed by atoms with Crippen molar-refractivity contribution in [2.24, 2.45) is 0 Å². The standard InChI is InChI=1S/C14H17BrFNO2/c1-2-19-14(18)13-4-3-7-17(13)9-10-5-6-12(16)11(15)8-10/h5-6,8,13H,2-4,7,9H2,1H3. The number of rotatable bonds is 4. The van der Waals surface area contributed by atoms with Crippen LogP contribution >= 0.6 is 15.9 Å². The van der Waals surface area contributed by atoms with E-state index in [0.717, 1.165) is 24.9 Å². The number of benzene rings is 1. The maximum atomic E-state index is 13.2. The number of esters is 1. The third kappa shape index (κ3) is 3.54. The number of carbonyl (C=O) groups excluding carboxylic acids is 1. The van der Waals surface area contributed by atoms with E-state index in [1.54, 1.807) is 12.1 Å². The zero-order valence-electron chi connectivity index (χ0n) is 10.9. The van der Waals surface area contributed by atoms with Crippen LogP contribution in [0.4, 0.5) is 4.39 Å². The summed E-state index contributed by atoms with van der Waals surface area (Å²) in [5, 5.41) is 0. The molecule has 1 unspecified atom stereocenters. The Morgan fingerprint density at radius 1 is 1.58 bits per heavy atom. The number of halogens is 2. The summed E-state index contributed by atoms with van der Waals surface area (Å²) in [6.45, 7) is 3.74. The lowest BCUT2D eigenvalue weighted by atomic mass is 10.2. The van der Waals surface area contributed by atoms with Gasteiger partial charge in [-0.05, 0) is 59.9 Å². The van der Waals surface area contributed by atoms with Crippen LogP contribution in [0.25, 0.3) is 0 Å². The summed E-state index contributed by atoms with van der Waals surface area (Å²) >= 11 is 3.18. The molecule has 0 radical (unpaired) electrons. The monoisotopic (exact) mass is 329 g/mol. The maximum Gasteiger partial charge on any atom is 0.323 e. The van der Waals surface area contributed by atoms with Crippen molar-refractivity contribution in [2.45, 2.75) is 32.4 Å². The zero-order chi connectivity index (χ0) is 13.8. The van der Waals surface area contributed by atoms with Gasteiger partial charge in [-0.3, -0.25) is 9.69 Å². The molecule has 19 heavy (non-hydrogen) atoms. The SMILES string of the molecule is CCOC(=O)C1CCCN1Cc1ccc(F)c(Br)c1. The minimum atomic E-state index is -0.271. The molecule has 0 saturated carbocycles. The highest BCUT2D eigenvalue weighted by molar-refractivity contribution is 9.10. The first kappa shape index (κ1) is 14.5. The summed E-state index contributed by atoms with van der Waals surface area (Å²) in [5.74, 6) is -0.423. The van der Waals surface area contributed by atoms with E-state index in [0.29, 0.717) is 17.6 Å². The minimum absolute atomic E-state index is 0.152. The Bertz CT molecular complexity index is 467. The smallest absolute Gasteiger partial charge is 0.323 e. The summed E-state index contributed by atoms with van der Waals surface area (Å²) in [7, 11) is 0. The fourth-order valence-corrected chi connectivity index (χ4v) is 2.82. The number of ether oxygens (including phenoxy) is 1. The average Bonchev–Trinajstić information content (AvgIpc) is 2.82. The second kappa shape index (κ2) is 6.48. The van der Waals surface area contributed by atoms with Gasteiger partial charge in [0.2, 0.25) is 0 Å². The largest absolute Gasteiger partial charge is 0.465 e. The molecule has 5 heteroatoms. The Morgan fingerprint density at radius 2 is 2.37 bits per heavy atom. The molecule has 1 aliphatic rings. The second-order valence-corrected chi connectivity index (χ2v) is 5.48. The van der Waals surface area contributed by atoms with Crippen molar-refractivity contribution in [3.8, 4) is 0 Å². The number of likely N-dealkylation sites (tertiary alicyclic amines) is 1. The summed E-state index contributed by atoms with van der Waals surface area (Å²) in [6, 6.07) is 4.79. The number of nitrogens with zero attached hydrogens (tertiary/aromatic N) is 1. The van der Waals surface area contributed by atoms with Crippen LogP contribution in [0.15, 0.2) is 22.7 Å². The molecule has 0 aromatic heterocycles. The van der Waals surface area contributed by atoms with E-state index in [1.807, 2.05) is 6.92 Å². The third-order valence-corrected chi connectivity index (χ3v) is 3.90. The Balaban J connectivity index is 2.04. The van der Waals surface area contributed by atoms with E-state index < -0.39 is 0 Å². The molecule has 0 spiro atoms. The molecule has 1 fully saturated rings. The molecule has 0 amide bonds. The van der Waals surface area contributed by atoms with Crippen molar-refractivity contribution in [1.29, 1.82) is 0 Å². The van der Waals surface area contributed by atoms with Crippen molar-refractivity contribution in [3.63, 3.8) is 0 Å². The third-order valence-electron chi connectivity index (χ3n) is 3.29. The minimum Gasteiger partial charge on any atom is -0.465 e. The highest BCUT2D eigenvalue weighted by atomic mass is 79.9. The molecule has 2 rings (SSSR count). The molecule has 0 N–H and O–H groups in total. The summed E-state index contributed by atoms with van der Waals surface area (Å²) in [5.41, 5.74) is 0.990. The number of carbonyl (C=O) groups is 1. The Morgan fingerprint density at radius 3 is 3.05 bits per heavy atom. The lowest BCUT2D eigenvalue weighted by molar-refractivity contribution is -0.148. The van der Waals surface area contributed by atoms with Gasteiger partial charge in [0, 0.05) is 6.54 Å². The molecular weight excluding hydrogens is 313 g/mol. The molecule has 1 atom stereocenters. The van der Waals surface area contributed by atoms with Crippen molar-refractivity contribution < 1.29 is 13.9 Å². The van der Waals surface area contributed by atoms with Gasteiger partial charge in [0.15, 0.2) is 0 Å². The first-order chi connectivity index (χ1) is 9.11. The van der Waals surface area contributed by atoms with Crippen LogP contribution in [0.1, 0.15) is 25.3 Å². The Labute approximate surface area is 120 Å². The average molecular weight is 330 g/mol. The van der Waals surface area contributed by atoms with E-state index >= 15 is 0 Å². The lowest BCUT2D eigenvalue weighted by Crippen LogP contribution is -2.36. The Hall–Kier alpha value is -0.940. The molecule has 1 saturated heterocycles. The number of hydrogen-bond acceptors (Lipinski definition) is 3. The van der Waals surface area contributed by atoms with E-state index in [1.165, 1.54) is 6.07 Å². The van der Waals surface area contributed by atoms with Crippen molar-refractivity contribution in [1.82, 2.24) is 4.90 Å². The van der Waals surface area contributed by atoms with Crippen LogP contribution in [0.3, 0.4) is 0 Å². The lowest BCUT2D eigenvalue weighted by Gasteiger charge is -2.22. The van der Waals surface area contributed by atoms with Gasteiger partial charge in [-0.1, -0.05) is 6.07 Å². The van der Waals surface area contributed by atoms with Gasteiger partial charge in [0.05, 0.1) is 11.1 Å². The summed E-state index contributed by atoms with van der Waals surface area (Å²) < 4.78 is 18.7. The van der Waals surface area contributed by atoms with Gasteiger partial charge in [-0.25, -0.2) is 4.39 Å². The molecule has 0 aliphatic carbocycles. The first-order valence-corrected chi connectivity index (χ1v) is 7.25. The maximum absolute atomic E-state index is 13.2. The van der Waals surface area contributed by atoms with Gasteiger partial charge in [-0.2, -0.15) is 0 Å². The van der Waals surface area contributed by atoms with Gasteiger partial charge in [0.25, 0.3) is 0 Å². The van der Waals surface area contributed by atoms with Crippen LogP contribution in [0, 0.1) is 5.82 Å². The van der Waals surface area contributed by atoms with Crippen LogP contribution in [-0.4, -0.2) is 30.1 Å². The van der Waals surface area contributed by atoms with E-state index in [9.17, 15) is 9.18 Å². The van der Waals surface area contributed by atoms with Crippen molar-refractivity contribution in [2.75, 3.05) is 13.2 Å². The van der Waals surface area contributed by atoms with E-state index in [-0.39, 0.29) is 17.8 Å². The van der Waals surface area contributed by atoms with Gasteiger partial charge in [-0.15, -0.1) is 0 Å². The van der Waals surface area contributed by atoms with Crippen LogP contribution in [-0.2, 0) is 16.1 Å². The molecule has 0 bridgehead atoms. The van der Waals surface area contributed by atoms with Crippen molar-refractivity contribution >= 4 is 21.9 Å². The summed E-state index contributed by atoms with van der Waals surface area (Å²) in [6.07, 6.45) is 1.83. The fraction of sp³-hybridized carbons (Fsp3) is 0.500. The zero-order valence-corrected chi connectivity index (χ0v) is 12.5. The van der Waals surface area contributed by atoms with Crippen LogP contribution in [0.5, 0.6) is 0 Å². The van der Waals surface area contributed by atoms with E-state index in [4.69, 9.17) is 4.74 Å². The summed E-state index contributed by atoms with van der Waals surface area (Å²) in [4.78, 5) is 13.9. The van der Waals surface area contributed by atoms with Crippen LogP contribution < -0.4 is 0 Å². The molecule has 1 aromatic rings. The molecule has 1 aromatic carbocycles. The molecule has 3 nitrogen and oxygen atoms in total. The predicted octanol–water partition coefficient (Wildman–Crippen LogP) is 3.12. The fourth-order valence-electron chi connectivity index (χ4n) is 2.39. The van der Waals surface area contributed by atoms with Crippen molar-refractivity contribution in [3.05, 3.63) is 34.1 Å². The predicted molar refractivity (Wildman–Crippen MR) is 74.2 cm³/mol. The van der Waals surface area contributed by atoms with Crippen LogP contribution in [0.2, 0.25) is 0 Å². The first-order valence-electron chi connectivity index (χ1n) is 6.46.